The maximum absolute atomic E-state index is 10.9. The van der Waals surface area contributed by atoms with Crippen LogP contribution in [0.5, 0.6) is 0 Å². The van der Waals surface area contributed by atoms with E-state index in [4.69, 9.17) is 5.73 Å². The molecule has 5 heteroatoms. The summed E-state index contributed by atoms with van der Waals surface area (Å²) in [6.45, 7) is 6.21. The third-order valence-corrected chi connectivity index (χ3v) is 4.01. The largest absolute Gasteiger partial charge is 0.327 e. The van der Waals surface area contributed by atoms with Crippen LogP contribution in [0, 0.1) is 16.0 Å². The first kappa shape index (κ1) is 14.9. The lowest BCUT2D eigenvalue weighted by Crippen LogP contribution is -2.47. The van der Waals surface area contributed by atoms with Crippen LogP contribution in [0.4, 0.5) is 5.69 Å². The molecule has 0 radical (unpaired) electrons. The summed E-state index contributed by atoms with van der Waals surface area (Å²) in [7, 11) is 0. The van der Waals surface area contributed by atoms with Gasteiger partial charge in [-0.15, -0.1) is 0 Å². The van der Waals surface area contributed by atoms with Gasteiger partial charge in [0.1, 0.15) is 0 Å². The highest BCUT2D eigenvalue weighted by molar-refractivity contribution is 5.35. The molecule has 20 heavy (non-hydrogen) atoms. The number of benzene rings is 1. The van der Waals surface area contributed by atoms with Crippen LogP contribution in [0.2, 0.25) is 0 Å². The van der Waals surface area contributed by atoms with Crippen LogP contribution < -0.4 is 5.73 Å². The second-order valence-corrected chi connectivity index (χ2v) is 5.83. The summed E-state index contributed by atoms with van der Waals surface area (Å²) >= 11 is 0. The van der Waals surface area contributed by atoms with Gasteiger partial charge in [-0.25, -0.2) is 0 Å². The molecule has 2 rings (SSSR count). The van der Waals surface area contributed by atoms with Gasteiger partial charge in [-0.3, -0.25) is 15.0 Å². The van der Waals surface area contributed by atoms with Crippen LogP contribution in [0.3, 0.4) is 0 Å². The Morgan fingerprint density at radius 1 is 1.50 bits per heavy atom. The minimum absolute atomic E-state index is 0.162. The Labute approximate surface area is 119 Å². The summed E-state index contributed by atoms with van der Waals surface area (Å²) in [5, 5.41) is 10.9. The number of nitro benzene ring substituents is 1. The summed E-state index contributed by atoms with van der Waals surface area (Å²) < 4.78 is 0. The molecular weight excluding hydrogens is 254 g/mol. The zero-order valence-electron chi connectivity index (χ0n) is 12.2. The lowest BCUT2D eigenvalue weighted by molar-refractivity contribution is -0.385. The van der Waals surface area contributed by atoms with Gasteiger partial charge in [0.15, 0.2) is 0 Å². The van der Waals surface area contributed by atoms with E-state index in [1.165, 1.54) is 0 Å². The first-order chi connectivity index (χ1) is 9.51. The Morgan fingerprint density at radius 3 is 2.85 bits per heavy atom. The van der Waals surface area contributed by atoms with E-state index in [-0.39, 0.29) is 22.7 Å². The van der Waals surface area contributed by atoms with Gasteiger partial charge in [0, 0.05) is 37.3 Å². The van der Waals surface area contributed by atoms with Crippen LogP contribution in [-0.2, 0) is 0 Å². The zero-order valence-corrected chi connectivity index (χ0v) is 12.2. The van der Waals surface area contributed by atoms with Crippen molar-refractivity contribution >= 4 is 5.69 Å². The summed E-state index contributed by atoms with van der Waals surface area (Å²) in [6.07, 6.45) is 1.99. The highest BCUT2D eigenvalue weighted by Crippen LogP contribution is 2.30. The minimum Gasteiger partial charge on any atom is -0.327 e. The third kappa shape index (κ3) is 3.35. The third-order valence-electron chi connectivity index (χ3n) is 4.01. The van der Waals surface area contributed by atoms with E-state index in [9.17, 15) is 10.1 Å². The van der Waals surface area contributed by atoms with E-state index in [1.54, 1.807) is 18.2 Å². The Hall–Kier alpha value is -1.46. The van der Waals surface area contributed by atoms with E-state index in [1.807, 2.05) is 6.07 Å². The van der Waals surface area contributed by atoms with E-state index < -0.39 is 0 Å². The molecule has 0 saturated carbocycles. The molecule has 0 aromatic heterocycles. The van der Waals surface area contributed by atoms with Crippen LogP contribution in [0.1, 0.15) is 38.3 Å². The molecule has 1 fully saturated rings. The van der Waals surface area contributed by atoms with Crippen molar-refractivity contribution < 1.29 is 4.92 Å². The lowest BCUT2D eigenvalue weighted by atomic mass is 9.92. The Bertz CT molecular complexity index is 468. The number of non-ortho nitro benzene ring substituents is 1. The lowest BCUT2D eigenvalue weighted by Gasteiger charge is -2.39. The summed E-state index contributed by atoms with van der Waals surface area (Å²) in [4.78, 5) is 13.0. The second kappa shape index (κ2) is 6.33. The highest BCUT2D eigenvalue weighted by Gasteiger charge is 2.28. The van der Waals surface area contributed by atoms with Gasteiger partial charge in [-0.1, -0.05) is 26.0 Å². The van der Waals surface area contributed by atoms with E-state index in [0.717, 1.165) is 31.5 Å². The molecular formula is C15H23N3O2. The molecule has 0 bridgehead atoms. The first-order valence-corrected chi connectivity index (χ1v) is 7.25. The van der Waals surface area contributed by atoms with Crippen molar-refractivity contribution in [2.45, 2.75) is 38.8 Å². The van der Waals surface area contributed by atoms with Gasteiger partial charge in [-0.2, -0.15) is 0 Å². The van der Waals surface area contributed by atoms with Crippen LogP contribution in [0.25, 0.3) is 0 Å². The Kier molecular flexibility index (Phi) is 4.73. The molecule has 1 aliphatic rings. The summed E-state index contributed by atoms with van der Waals surface area (Å²) in [6, 6.07) is 7.39. The van der Waals surface area contributed by atoms with Crippen molar-refractivity contribution in [3.63, 3.8) is 0 Å². The normalized spacial score (nSPS) is 25.4. The van der Waals surface area contributed by atoms with Gasteiger partial charge in [0.2, 0.25) is 0 Å². The SMILES string of the molecule is CCC(c1cccc([N+](=O)[O-])c1)N1CC(C)CC(N)C1. The number of nitro groups is 1. The number of rotatable bonds is 4. The predicted molar refractivity (Wildman–Crippen MR) is 79.5 cm³/mol. The highest BCUT2D eigenvalue weighted by atomic mass is 16.6. The number of hydrogen-bond donors (Lipinski definition) is 1. The quantitative estimate of drug-likeness (QED) is 0.678. The molecule has 1 aromatic rings. The standard InChI is InChI=1S/C15H23N3O2/c1-3-15(17-9-11(2)7-13(16)10-17)12-5-4-6-14(8-12)18(19)20/h4-6,8,11,13,15H,3,7,9-10,16H2,1-2H3. The smallest absolute Gasteiger partial charge is 0.269 e. The van der Waals surface area contributed by atoms with Crippen molar-refractivity contribution in [2.75, 3.05) is 13.1 Å². The maximum atomic E-state index is 10.9. The van der Waals surface area contributed by atoms with Crippen LogP contribution >= 0.6 is 0 Å². The van der Waals surface area contributed by atoms with Gasteiger partial charge >= 0.3 is 0 Å². The summed E-state index contributed by atoms with van der Waals surface area (Å²) in [5.74, 6) is 0.575. The molecule has 2 N–H and O–H groups in total. The number of nitrogens with zero attached hydrogens (tertiary/aromatic N) is 2. The number of hydrogen-bond acceptors (Lipinski definition) is 4. The predicted octanol–water partition coefficient (Wildman–Crippen LogP) is 2.71. The average Bonchev–Trinajstić information content (AvgIpc) is 2.39. The molecule has 0 spiro atoms. The zero-order chi connectivity index (χ0) is 14.7. The van der Waals surface area contributed by atoms with Crippen molar-refractivity contribution in [1.29, 1.82) is 0 Å². The molecule has 3 unspecified atom stereocenters. The molecule has 1 saturated heterocycles. The monoisotopic (exact) mass is 277 g/mol. The van der Waals surface area contributed by atoms with E-state index >= 15 is 0 Å². The number of nitrogens with two attached hydrogens (primary N) is 1. The first-order valence-electron chi connectivity index (χ1n) is 7.25. The average molecular weight is 277 g/mol. The van der Waals surface area contributed by atoms with Crippen LogP contribution in [-0.4, -0.2) is 29.0 Å². The van der Waals surface area contributed by atoms with Crippen molar-refractivity contribution in [2.24, 2.45) is 11.7 Å². The number of piperidine rings is 1. The molecule has 110 valence electrons. The van der Waals surface area contributed by atoms with Gasteiger partial charge in [-0.05, 0) is 24.3 Å². The van der Waals surface area contributed by atoms with Gasteiger partial charge in [0.25, 0.3) is 5.69 Å². The Balaban J connectivity index is 2.23. The molecule has 0 amide bonds. The topological polar surface area (TPSA) is 72.4 Å². The minimum atomic E-state index is -0.333. The summed E-state index contributed by atoms with van der Waals surface area (Å²) in [5.41, 5.74) is 7.29. The fraction of sp³-hybridized carbons (Fsp3) is 0.600. The Morgan fingerprint density at radius 2 is 2.25 bits per heavy atom. The maximum Gasteiger partial charge on any atom is 0.269 e. The second-order valence-electron chi connectivity index (χ2n) is 5.83. The van der Waals surface area contributed by atoms with E-state index in [0.29, 0.717) is 5.92 Å². The molecule has 0 aliphatic carbocycles. The van der Waals surface area contributed by atoms with Crippen molar-refractivity contribution in [3.05, 3.63) is 39.9 Å². The fourth-order valence-electron chi connectivity index (χ4n) is 3.25. The molecule has 1 aromatic carbocycles. The van der Waals surface area contributed by atoms with Gasteiger partial charge in [0.05, 0.1) is 4.92 Å². The molecule has 5 nitrogen and oxygen atoms in total. The van der Waals surface area contributed by atoms with Crippen LogP contribution in [0.15, 0.2) is 24.3 Å². The molecule has 1 aliphatic heterocycles. The van der Waals surface area contributed by atoms with Crippen molar-refractivity contribution in [1.82, 2.24) is 4.90 Å². The molecule has 3 atom stereocenters. The number of likely N-dealkylation sites (tertiary alicyclic amines) is 1. The van der Waals surface area contributed by atoms with Gasteiger partial charge < -0.3 is 5.73 Å². The van der Waals surface area contributed by atoms with Crippen molar-refractivity contribution in [3.8, 4) is 0 Å². The van der Waals surface area contributed by atoms with E-state index in [2.05, 4.69) is 18.7 Å². The molecule has 1 heterocycles. The fourth-order valence-corrected chi connectivity index (χ4v) is 3.25.